The molecule has 0 bridgehead atoms. The van der Waals surface area contributed by atoms with Gasteiger partial charge < -0.3 is 9.88 Å². The van der Waals surface area contributed by atoms with Crippen LogP contribution in [-0.4, -0.2) is 37.1 Å². The molecule has 0 spiro atoms. The summed E-state index contributed by atoms with van der Waals surface area (Å²) in [7, 11) is -1.69. The van der Waals surface area contributed by atoms with Crippen LogP contribution in [0.25, 0.3) is 0 Å². The molecule has 16 heavy (non-hydrogen) atoms. The van der Waals surface area contributed by atoms with Crippen molar-refractivity contribution in [2.45, 2.75) is 24.4 Å². The second-order valence-corrected chi connectivity index (χ2v) is 5.71. The summed E-state index contributed by atoms with van der Waals surface area (Å²) in [5.41, 5.74) is 0. The van der Waals surface area contributed by atoms with Crippen LogP contribution in [0.2, 0.25) is 0 Å². The molecule has 0 amide bonds. The minimum Gasteiger partial charge on any atom is -0.337 e. The number of rotatable bonds is 3. The van der Waals surface area contributed by atoms with E-state index in [4.69, 9.17) is 0 Å². The van der Waals surface area contributed by atoms with E-state index in [0.29, 0.717) is 12.4 Å². The average Bonchev–Trinajstić information content (AvgIpc) is 2.78. The largest absolute Gasteiger partial charge is 0.337 e. The molecular weight excluding hydrogens is 228 g/mol. The normalized spacial score (nSPS) is 21.5. The van der Waals surface area contributed by atoms with Gasteiger partial charge in [0, 0.05) is 25.8 Å². The van der Waals surface area contributed by atoms with Gasteiger partial charge in [0.25, 0.3) is 10.0 Å². The maximum atomic E-state index is 11.9. The second kappa shape index (κ2) is 4.15. The molecule has 7 heteroatoms. The van der Waals surface area contributed by atoms with Crippen molar-refractivity contribution in [2.75, 3.05) is 13.1 Å². The van der Waals surface area contributed by atoms with Gasteiger partial charge in [0.1, 0.15) is 5.82 Å². The van der Waals surface area contributed by atoms with Crippen LogP contribution in [0.4, 0.5) is 0 Å². The van der Waals surface area contributed by atoms with E-state index < -0.39 is 10.0 Å². The molecule has 1 aromatic heterocycles. The number of aryl methyl sites for hydroxylation is 2. The third-order valence-corrected chi connectivity index (χ3v) is 4.13. The van der Waals surface area contributed by atoms with Crippen molar-refractivity contribution in [2.24, 2.45) is 7.05 Å². The van der Waals surface area contributed by atoms with E-state index in [1.54, 1.807) is 18.5 Å². The third kappa shape index (κ3) is 2.26. The molecule has 0 radical (unpaired) electrons. The van der Waals surface area contributed by atoms with Gasteiger partial charge in [-0.3, -0.25) is 0 Å². The first-order valence-corrected chi connectivity index (χ1v) is 6.70. The zero-order chi connectivity index (χ0) is 11.8. The van der Waals surface area contributed by atoms with Gasteiger partial charge in [0.05, 0.1) is 0 Å². The maximum absolute atomic E-state index is 11.9. The van der Waals surface area contributed by atoms with Crippen molar-refractivity contribution >= 4 is 10.0 Å². The van der Waals surface area contributed by atoms with Crippen molar-refractivity contribution < 1.29 is 8.42 Å². The fraction of sp³-hybridized carbons (Fsp3) is 0.667. The molecular formula is C9H16N4O2S. The van der Waals surface area contributed by atoms with Gasteiger partial charge in [-0.15, -0.1) is 0 Å². The molecule has 1 atom stereocenters. The molecule has 0 saturated carbocycles. The van der Waals surface area contributed by atoms with E-state index >= 15 is 0 Å². The first-order chi connectivity index (χ1) is 7.49. The highest BCUT2D eigenvalue weighted by Crippen LogP contribution is 2.09. The highest BCUT2D eigenvalue weighted by atomic mass is 32.2. The second-order valence-electron chi connectivity index (χ2n) is 4.05. The number of hydrogen-bond donors (Lipinski definition) is 2. The molecule has 1 aromatic rings. The van der Waals surface area contributed by atoms with Crippen molar-refractivity contribution in [3.8, 4) is 0 Å². The highest BCUT2D eigenvalue weighted by Gasteiger charge is 2.24. The summed E-state index contributed by atoms with van der Waals surface area (Å²) in [6.45, 7) is 3.32. The number of imidazole rings is 1. The Balaban J connectivity index is 2.18. The molecule has 2 N–H and O–H groups in total. The fourth-order valence-electron chi connectivity index (χ4n) is 1.69. The molecule has 2 heterocycles. The number of nitrogens with zero attached hydrogens (tertiary/aromatic N) is 2. The Bertz CT molecular complexity index is 454. The maximum Gasteiger partial charge on any atom is 0.259 e. The van der Waals surface area contributed by atoms with E-state index in [-0.39, 0.29) is 11.1 Å². The van der Waals surface area contributed by atoms with Gasteiger partial charge in [-0.1, -0.05) is 0 Å². The first-order valence-electron chi connectivity index (χ1n) is 5.22. The third-order valence-electron chi connectivity index (χ3n) is 2.74. The van der Waals surface area contributed by atoms with Crippen molar-refractivity contribution in [3.63, 3.8) is 0 Å². The molecule has 6 nitrogen and oxygen atoms in total. The summed E-state index contributed by atoms with van der Waals surface area (Å²) >= 11 is 0. The Morgan fingerprint density at radius 1 is 1.62 bits per heavy atom. The van der Waals surface area contributed by atoms with Gasteiger partial charge in [-0.25, -0.2) is 18.1 Å². The number of hydrogen-bond acceptors (Lipinski definition) is 4. The predicted octanol–water partition coefficient (Wildman–Crippen LogP) is -0.631. The van der Waals surface area contributed by atoms with E-state index in [0.717, 1.165) is 13.0 Å². The lowest BCUT2D eigenvalue weighted by Gasteiger charge is -2.09. The standard InChI is InChI=1S/C9H16N4O2S/c1-7-11-9(6-13(7)2)16(14,15)12-8-3-4-10-5-8/h6,8,10,12H,3-5H2,1-2H3/t8-/m1/s1. The molecule has 1 aliphatic rings. The molecule has 2 rings (SSSR count). The fourth-order valence-corrected chi connectivity index (χ4v) is 3.00. The number of nitrogens with one attached hydrogen (secondary N) is 2. The monoisotopic (exact) mass is 244 g/mol. The van der Waals surface area contributed by atoms with E-state index in [9.17, 15) is 8.42 Å². The molecule has 0 aromatic carbocycles. The van der Waals surface area contributed by atoms with E-state index in [2.05, 4.69) is 15.0 Å². The summed E-state index contributed by atoms with van der Waals surface area (Å²) in [4.78, 5) is 4.02. The van der Waals surface area contributed by atoms with Gasteiger partial charge in [-0.2, -0.15) is 0 Å². The summed E-state index contributed by atoms with van der Waals surface area (Å²) in [6.07, 6.45) is 2.35. The van der Waals surface area contributed by atoms with Crippen LogP contribution < -0.4 is 10.0 Å². The topological polar surface area (TPSA) is 76.0 Å². The zero-order valence-electron chi connectivity index (χ0n) is 9.40. The summed E-state index contributed by atoms with van der Waals surface area (Å²) in [5.74, 6) is 0.685. The minimum atomic E-state index is -3.47. The van der Waals surface area contributed by atoms with Crippen LogP contribution >= 0.6 is 0 Å². The molecule has 0 unspecified atom stereocenters. The molecule has 1 aliphatic heterocycles. The Morgan fingerprint density at radius 3 is 2.88 bits per heavy atom. The quantitative estimate of drug-likeness (QED) is 0.742. The minimum absolute atomic E-state index is 0.0210. The Kier molecular flexibility index (Phi) is 3.00. The van der Waals surface area contributed by atoms with Crippen LogP contribution in [0.1, 0.15) is 12.2 Å². The van der Waals surface area contributed by atoms with Crippen LogP contribution in [0.15, 0.2) is 11.2 Å². The van der Waals surface area contributed by atoms with Crippen molar-refractivity contribution in [1.29, 1.82) is 0 Å². The Labute approximate surface area is 95.1 Å². The zero-order valence-corrected chi connectivity index (χ0v) is 10.2. The predicted molar refractivity (Wildman–Crippen MR) is 59.5 cm³/mol. The van der Waals surface area contributed by atoms with Crippen molar-refractivity contribution in [3.05, 3.63) is 12.0 Å². The van der Waals surface area contributed by atoms with Gasteiger partial charge in [0.2, 0.25) is 0 Å². The number of sulfonamides is 1. The van der Waals surface area contributed by atoms with Crippen LogP contribution in [0.5, 0.6) is 0 Å². The summed E-state index contributed by atoms with van der Waals surface area (Å²) < 4.78 is 28.2. The first kappa shape index (κ1) is 11.6. The smallest absolute Gasteiger partial charge is 0.259 e. The molecule has 0 aliphatic carbocycles. The molecule has 90 valence electrons. The molecule has 1 fully saturated rings. The van der Waals surface area contributed by atoms with Gasteiger partial charge in [0.15, 0.2) is 5.03 Å². The van der Waals surface area contributed by atoms with Crippen LogP contribution in [0.3, 0.4) is 0 Å². The average molecular weight is 244 g/mol. The lowest BCUT2D eigenvalue weighted by molar-refractivity contribution is 0.557. The van der Waals surface area contributed by atoms with Crippen molar-refractivity contribution in [1.82, 2.24) is 19.6 Å². The van der Waals surface area contributed by atoms with E-state index in [1.165, 1.54) is 6.20 Å². The summed E-state index contributed by atoms with van der Waals surface area (Å²) in [6, 6.07) is -0.0210. The van der Waals surface area contributed by atoms with Gasteiger partial charge in [-0.05, 0) is 19.9 Å². The highest BCUT2D eigenvalue weighted by molar-refractivity contribution is 7.89. The lowest BCUT2D eigenvalue weighted by Crippen LogP contribution is -2.36. The SMILES string of the molecule is Cc1nc(S(=O)(=O)N[C@@H]2CCNC2)cn1C. The number of aromatic nitrogens is 2. The van der Waals surface area contributed by atoms with Crippen LogP contribution in [0, 0.1) is 6.92 Å². The lowest BCUT2D eigenvalue weighted by atomic mass is 10.3. The van der Waals surface area contributed by atoms with E-state index in [1.807, 2.05) is 0 Å². The molecule has 1 saturated heterocycles. The van der Waals surface area contributed by atoms with Gasteiger partial charge >= 0.3 is 0 Å². The van der Waals surface area contributed by atoms with Crippen LogP contribution in [-0.2, 0) is 17.1 Å². The Morgan fingerprint density at radius 2 is 2.38 bits per heavy atom. The summed E-state index contributed by atoms with van der Waals surface area (Å²) in [5, 5.41) is 3.21. The Hall–Kier alpha value is -0.920.